The maximum atomic E-state index is 14.3. The lowest BCUT2D eigenvalue weighted by Gasteiger charge is -2.15. The molecule has 0 amide bonds. The molecule has 0 unspecified atom stereocenters. The minimum absolute atomic E-state index is 0.150. The molecule has 4 aromatic rings. The predicted octanol–water partition coefficient (Wildman–Crippen LogP) is 5.74. The molecule has 2 aromatic carbocycles. The first kappa shape index (κ1) is 22.7. The average molecular weight is 472 g/mol. The van der Waals surface area contributed by atoms with E-state index in [-0.39, 0.29) is 17.1 Å². The molecule has 0 radical (unpaired) electrons. The number of aromatic amines is 1. The number of ether oxygens (including phenoxy) is 1. The van der Waals surface area contributed by atoms with Gasteiger partial charge in [-0.3, -0.25) is 4.79 Å². The highest BCUT2D eigenvalue weighted by Gasteiger charge is 2.17. The van der Waals surface area contributed by atoms with Gasteiger partial charge in [0.25, 0.3) is 5.56 Å². The summed E-state index contributed by atoms with van der Waals surface area (Å²) in [7, 11) is -0.799. The highest BCUT2D eigenvalue weighted by molar-refractivity contribution is 7.93. The van der Waals surface area contributed by atoms with Gasteiger partial charge in [0.05, 0.1) is 15.4 Å². The van der Waals surface area contributed by atoms with Crippen LogP contribution in [0.3, 0.4) is 0 Å². The van der Waals surface area contributed by atoms with Crippen molar-refractivity contribution in [1.29, 1.82) is 0 Å². The molecule has 2 aromatic heterocycles. The van der Waals surface area contributed by atoms with Gasteiger partial charge in [0, 0.05) is 53.5 Å². The highest BCUT2D eigenvalue weighted by atomic mass is 32.2. The minimum Gasteiger partial charge on any atom is -0.454 e. The van der Waals surface area contributed by atoms with Gasteiger partial charge in [-0.25, -0.2) is 13.0 Å². The van der Waals surface area contributed by atoms with Crippen LogP contribution in [0, 0.1) is 11.6 Å². The zero-order chi connectivity index (χ0) is 23.8. The lowest BCUT2D eigenvalue weighted by molar-refractivity contribution is 0.439. The SMILES string of the molecule is CCS(=O)(CC)=Nc1ccc(Oc2ccc(F)cc2F)c(-c2cn(C)c(=O)c3[nH]ccc23)c1. The van der Waals surface area contributed by atoms with E-state index in [1.54, 1.807) is 43.7 Å². The average Bonchev–Trinajstić information content (AvgIpc) is 3.29. The molecule has 6 nitrogen and oxygen atoms in total. The Morgan fingerprint density at radius 3 is 2.45 bits per heavy atom. The Labute approximate surface area is 190 Å². The van der Waals surface area contributed by atoms with Crippen molar-refractivity contribution >= 4 is 26.3 Å². The van der Waals surface area contributed by atoms with Crippen molar-refractivity contribution in [2.75, 3.05) is 11.5 Å². The normalized spacial score (nSPS) is 11.7. The Balaban J connectivity index is 1.97. The smallest absolute Gasteiger partial charge is 0.274 e. The van der Waals surface area contributed by atoms with E-state index in [1.165, 1.54) is 10.6 Å². The van der Waals surface area contributed by atoms with Gasteiger partial charge in [0.2, 0.25) is 0 Å². The zero-order valence-electron chi connectivity index (χ0n) is 18.4. The van der Waals surface area contributed by atoms with Crippen LogP contribution in [0.1, 0.15) is 13.8 Å². The molecular formula is C24H23F2N3O3S. The van der Waals surface area contributed by atoms with E-state index in [9.17, 15) is 17.8 Å². The summed E-state index contributed by atoms with van der Waals surface area (Å²) >= 11 is 0. The van der Waals surface area contributed by atoms with Crippen LogP contribution in [0.4, 0.5) is 14.5 Å². The summed E-state index contributed by atoms with van der Waals surface area (Å²) in [6, 6.07) is 9.77. The fraction of sp³-hybridized carbons (Fsp3) is 0.208. The van der Waals surface area contributed by atoms with Gasteiger partial charge in [-0.15, -0.1) is 0 Å². The van der Waals surface area contributed by atoms with Crippen LogP contribution in [-0.4, -0.2) is 25.3 Å². The topological polar surface area (TPSA) is 76.4 Å². The Morgan fingerprint density at radius 1 is 1.03 bits per heavy atom. The molecule has 4 rings (SSSR count). The summed E-state index contributed by atoms with van der Waals surface area (Å²) in [5.41, 5.74) is 1.84. The number of nitrogens with zero attached hydrogens (tertiary/aromatic N) is 2. The van der Waals surface area contributed by atoms with E-state index in [2.05, 4.69) is 9.35 Å². The van der Waals surface area contributed by atoms with Gasteiger partial charge < -0.3 is 14.3 Å². The maximum absolute atomic E-state index is 14.3. The van der Waals surface area contributed by atoms with Crippen molar-refractivity contribution < 1.29 is 17.7 Å². The number of halogens is 2. The van der Waals surface area contributed by atoms with E-state index < -0.39 is 21.4 Å². The number of rotatable bonds is 6. The molecule has 0 atom stereocenters. The second-order valence-electron chi connectivity index (χ2n) is 7.52. The molecule has 172 valence electrons. The number of nitrogens with one attached hydrogen (secondary N) is 1. The third kappa shape index (κ3) is 4.41. The standard InChI is InChI=1S/C24H23F2N3O3S/c1-4-33(31,5-2)28-16-7-9-21(32-22-8-6-15(25)12-20(22)26)18(13-16)19-14-29(3)24(30)23-17(19)10-11-27-23/h6-14,27H,4-5H2,1-3H3. The van der Waals surface area contributed by atoms with Gasteiger partial charge in [0.1, 0.15) is 17.1 Å². The largest absolute Gasteiger partial charge is 0.454 e. The number of hydrogen-bond donors (Lipinski definition) is 1. The molecule has 33 heavy (non-hydrogen) atoms. The van der Waals surface area contributed by atoms with Gasteiger partial charge in [-0.05, 0) is 36.4 Å². The summed E-state index contributed by atoms with van der Waals surface area (Å²) in [6.07, 6.45) is 3.31. The van der Waals surface area contributed by atoms with Crippen molar-refractivity contribution in [2.24, 2.45) is 11.4 Å². The van der Waals surface area contributed by atoms with Gasteiger partial charge in [-0.2, -0.15) is 4.36 Å². The molecule has 0 bridgehead atoms. The lowest BCUT2D eigenvalue weighted by Crippen LogP contribution is -2.16. The minimum atomic E-state index is -2.43. The molecule has 0 saturated heterocycles. The first-order chi connectivity index (χ1) is 15.7. The molecule has 0 saturated carbocycles. The van der Waals surface area contributed by atoms with Crippen LogP contribution in [0.15, 0.2) is 64.0 Å². The Hall–Kier alpha value is -3.46. The quantitative estimate of drug-likeness (QED) is 0.389. The van der Waals surface area contributed by atoms with E-state index in [4.69, 9.17) is 4.74 Å². The van der Waals surface area contributed by atoms with Crippen molar-refractivity contribution in [3.8, 4) is 22.6 Å². The van der Waals surface area contributed by atoms with E-state index in [0.29, 0.717) is 39.2 Å². The molecule has 1 N–H and O–H groups in total. The second-order valence-corrected chi connectivity index (χ2v) is 10.4. The number of fused-ring (bicyclic) bond motifs is 1. The second kappa shape index (κ2) is 8.82. The van der Waals surface area contributed by atoms with Crippen LogP contribution in [0.5, 0.6) is 11.5 Å². The van der Waals surface area contributed by atoms with E-state index in [1.807, 2.05) is 13.8 Å². The fourth-order valence-corrected chi connectivity index (χ4v) is 4.72. The monoisotopic (exact) mass is 471 g/mol. The molecule has 0 fully saturated rings. The Morgan fingerprint density at radius 2 is 1.76 bits per heavy atom. The maximum Gasteiger partial charge on any atom is 0.274 e. The molecule has 2 heterocycles. The highest BCUT2D eigenvalue weighted by Crippen LogP contribution is 2.39. The summed E-state index contributed by atoms with van der Waals surface area (Å²) in [5.74, 6) is -0.625. The van der Waals surface area contributed by atoms with Gasteiger partial charge in [0.15, 0.2) is 11.6 Å². The van der Waals surface area contributed by atoms with Crippen molar-refractivity contribution in [1.82, 2.24) is 9.55 Å². The number of H-pyrrole nitrogens is 1. The van der Waals surface area contributed by atoms with Gasteiger partial charge >= 0.3 is 0 Å². The molecular weight excluding hydrogens is 448 g/mol. The van der Waals surface area contributed by atoms with Crippen LogP contribution in [-0.2, 0) is 16.8 Å². The predicted molar refractivity (Wildman–Crippen MR) is 127 cm³/mol. The van der Waals surface area contributed by atoms with Crippen LogP contribution in [0.25, 0.3) is 22.0 Å². The number of aryl methyl sites for hydroxylation is 1. The number of aromatic nitrogens is 2. The first-order valence-corrected chi connectivity index (χ1v) is 12.3. The van der Waals surface area contributed by atoms with E-state index >= 15 is 0 Å². The summed E-state index contributed by atoms with van der Waals surface area (Å²) in [5, 5.41) is 0.645. The molecule has 0 aliphatic carbocycles. The van der Waals surface area contributed by atoms with Gasteiger partial charge in [-0.1, -0.05) is 13.8 Å². The van der Waals surface area contributed by atoms with Crippen molar-refractivity contribution in [2.45, 2.75) is 13.8 Å². The fourth-order valence-electron chi connectivity index (χ4n) is 3.56. The Kier molecular flexibility index (Phi) is 6.07. The van der Waals surface area contributed by atoms with Crippen LogP contribution < -0.4 is 10.3 Å². The molecule has 0 aliphatic heterocycles. The third-order valence-electron chi connectivity index (χ3n) is 5.44. The molecule has 0 spiro atoms. The Bertz CT molecular complexity index is 1520. The summed E-state index contributed by atoms with van der Waals surface area (Å²) < 4.78 is 52.3. The molecule has 9 heteroatoms. The summed E-state index contributed by atoms with van der Waals surface area (Å²) in [4.78, 5) is 15.5. The first-order valence-electron chi connectivity index (χ1n) is 10.4. The number of benzene rings is 2. The number of pyridine rings is 1. The lowest BCUT2D eigenvalue weighted by atomic mass is 10.0. The zero-order valence-corrected chi connectivity index (χ0v) is 19.2. The number of hydrogen-bond acceptors (Lipinski definition) is 4. The van der Waals surface area contributed by atoms with Crippen LogP contribution in [0.2, 0.25) is 0 Å². The third-order valence-corrected chi connectivity index (χ3v) is 7.78. The van der Waals surface area contributed by atoms with Crippen LogP contribution >= 0.6 is 0 Å². The molecule has 0 aliphatic rings. The van der Waals surface area contributed by atoms with Crippen molar-refractivity contribution in [3.05, 3.63) is 76.8 Å². The van der Waals surface area contributed by atoms with Crippen molar-refractivity contribution in [3.63, 3.8) is 0 Å². The summed E-state index contributed by atoms with van der Waals surface area (Å²) in [6.45, 7) is 3.64. The van der Waals surface area contributed by atoms with E-state index in [0.717, 1.165) is 12.1 Å².